The topological polar surface area (TPSA) is 57.6 Å². The fourth-order valence-corrected chi connectivity index (χ4v) is 4.24. The third-order valence-electron chi connectivity index (χ3n) is 5.52. The maximum absolute atomic E-state index is 13.3. The zero-order valence-corrected chi connectivity index (χ0v) is 17.2. The van der Waals surface area contributed by atoms with Gasteiger partial charge in [0.2, 0.25) is 0 Å². The second-order valence-electron chi connectivity index (χ2n) is 7.50. The van der Waals surface area contributed by atoms with Crippen LogP contribution in [0.3, 0.4) is 0 Å². The van der Waals surface area contributed by atoms with Crippen molar-refractivity contribution < 1.29 is 14.7 Å². The number of Topliss-reactive ketones (excluding diaryl/α,β-unsaturated/α-hetero) is 1. The SMILES string of the molecule is O=C(C[C@]1(O)C(=O)N(CCCc2ccccc2)c2ccccc21)c1ccccc1Cl. The highest BCUT2D eigenvalue weighted by Crippen LogP contribution is 2.43. The zero-order chi connectivity index (χ0) is 21.1. The first-order chi connectivity index (χ1) is 14.5. The van der Waals surface area contributed by atoms with Gasteiger partial charge in [-0.3, -0.25) is 9.59 Å². The average molecular weight is 420 g/mol. The lowest BCUT2D eigenvalue weighted by atomic mass is 9.88. The number of para-hydroxylation sites is 1. The number of nitrogens with zero attached hydrogens (tertiary/aromatic N) is 1. The lowest BCUT2D eigenvalue weighted by Crippen LogP contribution is -2.42. The van der Waals surface area contributed by atoms with Crippen molar-refractivity contribution in [3.8, 4) is 0 Å². The summed E-state index contributed by atoms with van der Waals surface area (Å²) in [7, 11) is 0. The maximum atomic E-state index is 13.3. The van der Waals surface area contributed by atoms with Crippen molar-refractivity contribution in [2.45, 2.75) is 24.9 Å². The van der Waals surface area contributed by atoms with E-state index in [0.717, 1.165) is 12.8 Å². The predicted octanol–water partition coefficient (Wildman–Crippen LogP) is 4.78. The van der Waals surface area contributed by atoms with Gasteiger partial charge in [-0.1, -0.05) is 72.3 Å². The number of fused-ring (bicyclic) bond motifs is 1. The summed E-state index contributed by atoms with van der Waals surface area (Å²) in [5, 5.41) is 11.7. The summed E-state index contributed by atoms with van der Waals surface area (Å²) in [5.41, 5.74) is 0.738. The van der Waals surface area contributed by atoms with Crippen LogP contribution >= 0.6 is 11.6 Å². The second-order valence-corrected chi connectivity index (χ2v) is 7.91. The van der Waals surface area contributed by atoms with Crippen molar-refractivity contribution in [2.75, 3.05) is 11.4 Å². The van der Waals surface area contributed by atoms with Gasteiger partial charge in [-0.25, -0.2) is 0 Å². The van der Waals surface area contributed by atoms with E-state index in [2.05, 4.69) is 12.1 Å². The van der Waals surface area contributed by atoms with Crippen LogP contribution in [-0.2, 0) is 16.8 Å². The van der Waals surface area contributed by atoms with Crippen molar-refractivity contribution in [3.63, 3.8) is 0 Å². The molecule has 0 bridgehead atoms. The van der Waals surface area contributed by atoms with E-state index >= 15 is 0 Å². The van der Waals surface area contributed by atoms with Crippen LogP contribution in [0, 0.1) is 0 Å². The monoisotopic (exact) mass is 419 g/mol. The van der Waals surface area contributed by atoms with E-state index in [1.807, 2.05) is 30.3 Å². The Morgan fingerprint density at radius 2 is 1.60 bits per heavy atom. The summed E-state index contributed by atoms with van der Waals surface area (Å²) in [4.78, 5) is 27.7. The molecule has 1 amide bonds. The molecule has 0 saturated carbocycles. The molecular formula is C25H22ClNO3. The van der Waals surface area contributed by atoms with E-state index in [4.69, 9.17) is 11.6 Å². The highest BCUT2D eigenvalue weighted by molar-refractivity contribution is 6.34. The molecule has 0 radical (unpaired) electrons. The van der Waals surface area contributed by atoms with E-state index in [9.17, 15) is 14.7 Å². The van der Waals surface area contributed by atoms with Gasteiger partial charge in [0, 0.05) is 17.7 Å². The Labute approximate surface area is 180 Å². The van der Waals surface area contributed by atoms with Crippen LogP contribution in [0.25, 0.3) is 0 Å². The van der Waals surface area contributed by atoms with Crippen molar-refractivity contribution in [1.82, 2.24) is 0 Å². The minimum absolute atomic E-state index is 0.306. The molecule has 0 spiro atoms. The molecule has 1 atom stereocenters. The molecular weight excluding hydrogens is 398 g/mol. The van der Waals surface area contributed by atoms with E-state index in [-0.39, 0.29) is 12.2 Å². The number of hydrogen-bond acceptors (Lipinski definition) is 3. The van der Waals surface area contributed by atoms with Gasteiger partial charge in [0.1, 0.15) is 0 Å². The van der Waals surface area contributed by atoms with Crippen LogP contribution in [-0.4, -0.2) is 23.3 Å². The molecule has 1 N–H and O–H groups in total. The highest BCUT2D eigenvalue weighted by atomic mass is 35.5. The number of rotatable bonds is 7. The first kappa shape index (κ1) is 20.3. The van der Waals surface area contributed by atoms with Crippen molar-refractivity contribution in [3.05, 3.63) is 101 Å². The molecule has 0 unspecified atom stereocenters. The van der Waals surface area contributed by atoms with Crippen LogP contribution in [0.4, 0.5) is 5.69 Å². The molecule has 5 heteroatoms. The Balaban J connectivity index is 1.56. The van der Waals surface area contributed by atoms with E-state index in [1.165, 1.54) is 5.56 Å². The third-order valence-corrected chi connectivity index (χ3v) is 5.85. The Morgan fingerprint density at radius 1 is 0.933 bits per heavy atom. The van der Waals surface area contributed by atoms with Gasteiger partial charge in [0.05, 0.1) is 17.1 Å². The van der Waals surface area contributed by atoms with E-state index in [1.54, 1.807) is 41.3 Å². The highest BCUT2D eigenvalue weighted by Gasteiger charge is 2.50. The first-order valence-electron chi connectivity index (χ1n) is 9.96. The number of halogens is 1. The molecule has 30 heavy (non-hydrogen) atoms. The molecule has 3 aromatic carbocycles. The standard InChI is InChI=1S/C25H22ClNO3/c26-21-14-6-4-12-19(21)23(28)17-25(30)20-13-5-7-15-22(20)27(24(25)29)16-8-11-18-9-2-1-3-10-18/h1-7,9-10,12-15,30H,8,11,16-17H2/t25-/m1/s1. The summed E-state index contributed by atoms with van der Waals surface area (Å²) < 4.78 is 0. The van der Waals surface area contributed by atoms with E-state index in [0.29, 0.717) is 28.4 Å². The van der Waals surface area contributed by atoms with Crippen LogP contribution in [0.15, 0.2) is 78.9 Å². The van der Waals surface area contributed by atoms with Crippen molar-refractivity contribution in [1.29, 1.82) is 0 Å². The first-order valence-corrected chi connectivity index (χ1v) is 10.3. The van der Waals surface area contributed by atoms with E-state index < -0.39 is 11.5 Å². The summed E-state index contributed by atoms with van der Waals surface area (Å²) in [6.07, 6.45) is 1.23. The summed E-state index contributed by atoms with van der Waals surface area (Å²) in [6, 6.07) is 23.9. The predicted molar refractivity (Wildman–Crippen MR) is 118 cm³/mol. The largest absolute Gasteiger partial charge is 0.375 e. The Hall–Kier alpha value is -2.95. The number of amides is 1. The quantitative estimate of drug-likeness (QED) is 0.560. The van der Waals surface area contributed by atoms with Gasteiger partial charge < -0.3 is 10.0 Å². The molecule has 152 valence electrons. The zero-order valence-electron chi connectivity index (χ0n) is 16.4. The minimum atomic E-state index is -1.89. The number of carbonyl (C=O) groups is 2. The van der Waals surface area contributed by atoms with Crippen molar-refractivity contribution in [2.24, 2.45) is 0 Å². The Morgan fingerprint density at radius 3 is 2.37 bits per heavy atom. The van der Waals surface area contributed by atoms with Crippen LogP contribution < -0.4 is 4.90 Å². The number of ketones is 1. The minimum Gasteiger partial charge on any atom is -0.375 e. The van der Waals surface area contributed by atoms with Gasteiger partial charge in [-0.05, 0) is 36.6 Å². The summed E-state index contributed by atoms with van der Waals surface area (Å²) in [6.45, 7) is 0.466. The van der Waals surface area contributed by atoms with Crippen molar-refractivity contribution >= 4 is 29.0 Å². The fourth-order valence-electron chi connectivity index (χ4n) is 4.00. The second kappa shape index (κ2) is 8.42. The lowest BCUT2D eigenvalue weighted by Gasteiger charge is -2.23. The molecule has 3 aromatic rings. The number of aliphatic hydroxyl groups is 1. The smallest absolute Gasteiger partial charge is 0.264 e. The summed E-state index contributed by atoms with van der Waals surface area (Å²) in [5.74, 6) is -0.824. The summed E-state index contributed by atoms with van der Waals surface area (Å²) >= 11 is 6.14. The molecule has 0 aromatic heterocycles. The molecule has 0 aliphatic carbocycles. The molecule has 1 aliphatic heterocycles. The van der Waals surface area contributed by atoms with Gasteiger partial charge >= 0.3 is 0 Å². The molecule has 0 saturated heterocycles. The fraction of sp³-hybridized carbons (Fsp3) is 0.200. The molecule has 0 fully saturated rings. The van der Waals surface area contributed by atoms with Gasteiger partial charge in [0.25, 0.3) is 5.91 Å². The molecule has 4 nitrogen and oxygen atoms in total. The van der Waals surface area contributed by atoms with Gasteiger partial charge in [-0.2, -0.15) is 0 Å². The lowest BCUT2D eigenvalue weighted by molar-refractivity contribution is -0.135. The number of aryl methyl sites for hydroxylation is 1. The maximum Gasteiger partial charge on any atom is 0.264 e. The third kappa shape index (κ3) is 3.76. The normalized spacial score (nSPS) is 17.8. The van der Waals surface area contributed by atoms with Crippen LogP contribution in [0.1, 0.15) is 34.3 Å². The molecule has 4 rings (SSSR count). The van der Waals surface area contributed by atoms with Gasteiger partial charge in [0.15, 0.2) is 11.4 Å². The number of hydrogen-bond donors (Lipinski definition) is 1. The number of anilines is 1. The van der Waals surface area contributed by atoms with Gasteiger partial charge in [-0.15, -0.1) is 0 Å². The molecule has 1 aliphatic rings. The number of benzene rings is 3. The average Bonchev–Trinajstić information content (AvgIpc) is 2.97. The molecule has 1 heterocycles. The van der Waals surface area contributed by atoms with Crippen LogP contribution in [0.5, 0.6) is 0 Å². The Kier molecular flexibility index (Phi) is 5.71. The number of carbonyl (C=O) groups excluding carboxylic acids is 2. The Bertz CT molecular complexity index is 1080. The van der Waals surface area contributed by atoms with Crippen LogP contribution in [0.2, 0.25) is 5.02 Å².